The van der Waals surface area contributed by atoms with Crippen molar-refractivity contribution in [2.24, 2.45) is 0 Å². The Labute approximate surface area is 91.3 Å². The Kier molecular flexibility index (Phi) is 3.43. The SMILES string of the molecule is Cc1ccc(F)c(NS(=O)(=O)C[N+](=O)[O-])c1. The van der Waals surface area contributed by atoms with Gasteiger partial charge in [0.2, 0.25) is 0 Å². The molecule has 0 aliphatic heterocycles. The Morgan fingerprint density at radius 3 is 2.69 bits per heavy atom. The summed E-state index contributed by atoms with van der Waals surface area (Å²) in [5.74, 6) is -2.07. The number of hydrogen-bond donors (Lipinski definition) is 1. The van der Waals surface area contributed by atoms with Crippen LogP contribution in [0.15, 0.2) is 18.2 Å². The van der Waals surface area contributed by atoms with E-state index in [4.69, 9.17) is 0 Å². The van der Waals surface area contributed by atoms with Gasteiger partial charge in [0, 0.05) is 4.92 Å². The summed E-state index contributed by atoms with van der Waals surface area (Å²) in [5.41, 5.74) is 0.349. The molecule has 0 amide bonds. The summed E-state index contributed by atoms with van der Waals surface area (Å²) in [5, 5.41) is 10.0. The normalized spacial score (nSPS) is 11.1. The van der Waals surface area contributed by atoms with E-state index < -0.39 is 26.6 Å². The number of nitro groups is 1. The Hall–Kier alpha value is -1.70. The van der Waals surface area contributed by atoms with Gasteiger partial charge in [-0.1, -0.05) is 6.07 Å². The molecular weight excluding hydrogens is 239 g/mol. The molecular formula is C8H9FN2O4S. The lowest BCUT2D eigenvalue weighted by Crippen LogP contribution is -2.22. The fourth-order valence-electron chi connectivity index (χ4n) is 1.06. The van der Waals surface area contributed by atoms with Gasteiger partial charge >= 0.3 is 5.88 Å². The number of nitrogens with zero attached hydrogens (tertiary/aromatic N) is 1. The van der Waals surface area contributed by atoms with Crippen LogP contribution in [0.4, 0.5) is 10.1 Å². The summed E-state index contributed by atoms with van der Waals surface area (Å²) < 4.78 is 37.3. The summed E-state index contributed by atoms with van der Waals surface area (Å²) in [6.45, 7) is 1.64. The van der Waals surface area contributed by atoms with E-state index in [1.165, 1.54) is 12.1 Å². The van der Waals surface area contributed by atoms with Crippen LogP contribution in [0.3, 0.4) is 0 Å². The smallest absolute Gasteiger partial charge is 0.275 e. The van der Waals surface area contributed by atoms with Gasteiger partial charge in [0.1, 0.15) is 5.82 Å². The third-order valence-corrected chi connectivity index (χ3v) is 2.74. The maximum atomic E-state index is 13.1. The Bertz CT molecular complexity index is 515. The van der Waals surface area contributed by atoms with Crippen molar-refractivity contribution in [3.05, 3.63) is 39.7 Å². The minimum Gasteiger partial charge on any atom is -0.275 e. The summed E-state index contributed by atoms with van der Waals surface area (Å²) >= 11 is 0. The first kappa shape index (κ1) is 12.4. The Balaban J connectivity index is 2.96. The zero-order chi connectivity index (χ0) is 12.3. The molecule has 0 aromatic heterocycles. The second kappa shape index (κ2) is 4.44. The Morgan fingerprint density at radius 1 is 1.50 bits per heavy atom. The average Bonchev–Trinajstić information content (AvgIpc) is 2.08. The maximum Gasteiger partial charge on any atom is 0.319 e. The van der Waals surface area contributed by atoms with Crippen LogP contribution in [0.5, 0.6) is 0 Å². The highest BCUT2D eigenvalue weighted by Gasteiger charge is 2.19. The van der Waals surface area contributed by atoms with Gasteiger partial charge in [0.25, 0.3) is 10.0 Å². The highest BCUT2D eigenvalue weighted by Crippen LogP contribution is 2.16. The predicted octanol–water partition coefficient (Wildman–Crippen LogP) is 1.11. The molecule has 0 saturated carbocycles. The molecule has 0 atom stereocenters. The Morgan fingerprint density at radius 2 is 2.12 bits per heavy atom. The highest BCUT2D eigenvalue weighted by molar-refractivity contribution is 7.92. The molecule has 0 saturated heterocycles. The van der Waals surface area contributed by atoms with Crippen molar-refractivity contribution in [1.29, 1.82) is 0 Å². The minimum absolute atomic E-state index is 0.290. The quantitative estimate of drug-likeness (QED) is 0.638. The second-order valence-electron chi connectivity index (χ2n) is 3.16. The monoisotopic (exact) mass is 248 g/mol. The number of sulfonamides is 1. The molecule has 0 unspecified atom stereocenters. The number of anilines is 1. The zero-order valence-corrected chi connectivity index (χ0v) is 9.12. The highest BCUT2D eigenvalue weighted by atomic mass is 32.2. The van der Waals surface area contributed by atoms with Gasteiger partial charge in [-0.25, -0.2) is 4.39 Å². The van der Waals surface area contributed by atoms with Crippen LogP contribution in [0.25, 0.3) is 0 Å². The van der Waals surface area contributed by atoms with Gasteiger partial charge in [-0.15, -0.1) is 0 Å². The molecule has 16 heavy (non-hydrogen) atoms. The topological polar surface area (TPSA) is 89.3 Å². The predicted molar refractivity (Wildman–Crippen MR) is 55.5 cm³/mol. The van der Waals surface area contributed by atoms with E-state index in [0.717, 1.165) is 6.07 Å². The fraction of sp³-hybridized carbons (Fsp3) is 0.250. The van der Waals surface area contributed by atoms with Gasteiger partial charge in [0.15, 0.2) is 0 Å². The lowest BCUT2D eigenvalue weighted by molar-refractivity contribution is -0.458. The standard InChI is InChI=1S/C8H9FN2O4S/c1-6-2-3-7(9)8(4-6)10-16(14,15)5-11(12)13/h2-4,10H,5H2,1H3. The van der Waals surface area contributed by atoms with Crippen LogP contribution in [0, 0.1) is 22.9 Å². The number of halogens is 1. The van der Waals surface area contributed by atoms with Crippen LogP contribution in [0.1, 0.15) is 5.56 Å². The van der Waals surface area contributed by atoms with Crippen molar-refractivity contribution >= 4 is 15.7 Å². The largest absolute Gasteiger partial charge is 0.319 e. The van der Waals surface area contributed by atoms with Crippen LogP contribution < -0.4 is 4.72 Å². The van der Waals surface area contributed by atoms with Crippen LogP contribution in [-0.2, 0) is 10.0 Å². The molecule has 0 bridgehead atoms. The first-order chi connectivity index (χ1) is 7.30. The molecule has 0 aliphatic carbocycles. The molecule has 6 nitrogen and oxygen atoms in total. The first-order valence-corrected chi connectivity index (χ1v) is 5.84. The average molecular weight is 248 g/mol. The molecule has 0 fully saturated rings. The van der Waals surface area contributed by atoms with Gasteiger partial charge in [-0.3, -0.25) is 14.8 Å². The molecule has 1 N–H and O–H groups in total. The van der Waals surface area contributed by atoms with Crippen molar-refractivity contribution in [1.82, 2.24) is 0 Å². The molecule has 0 aliphatic rings. The van der Waals surface area contributed by atoms with Crippen LogP contribution in [0.2, 0.25) is 0 Å². The van der Waals surface area contributed by atoms with Crippen molar-refractivity contribution in [2.45, 2.75) is 6.92 Å². The third kappa shape index (κ3) is 3.46. The van der Waals surface area contributed by atoms with Crippen molar-refractivity contribution in [3.8, 4) is 0 Å². The summed E-state index contributed by atoms with van der Waals surface area (Å²) in [4.78, 5) is 9.05. The van der Waals surface area contributed by atoms with E-state index in [0.29, 0.717) is 5.56 Å². The number of nitrogens with one attached hydrogen (secondary N) is 1. The van der Waals surface area contributed by atoms with Gasteiger partial charge < -0.3 is 0 Å². The summed E-state index contributed by atoms with van der Waals surface area (Å²) in [6, 6.07) is 3.80. The van der Waals surface area contributed by atoms with Crippen molar-refractivity contribution < 1.29 is 17.7 Å². The molecule has 1 aromatic carbocycles. The molecule has 0 spiro atoms. The number of rotatable bonds is 4. The second-order valence-corrected chi connectivity index (χ2v) is 4.85. The van der Waals surface area contributed by atoms with Crippen molar-refractivity contribution in [2.75, 3.05) is 10.6 Å². The van der Waals surface area contributed by atoms with Gasteiger partial charge in [0.05, 0.1) is 5.69 Å². The third-order valence-electron chi connectivity index (χ3n) is 1.66. The maximum absolute atomic E-state index is 13.1. The molecule has 0 radical (unpaired) electrons. The first-order valence-electron chi connectivity index (χ1n) is 4.18. The number of hydrogen-bond acceptors (Lipinski definition) is 4. The molecule has 1 rings (SSSR count). The van der Waals surface area contributed by atoms with E-state index in [9.17, 15) is 22.9 Å². The molecule has 0 heterocycles. The van der Waals surface area contributed by atoms with E-state index in [1.807, 2.05) is 4.72 Å². The molecule has 1 aromatic rings. The van der Waals surface area contributed by atoms with Gasteiger partial charge in [-0.05, 0) is 24.6 Å². The minimum atomic E-state index is -4.16. The molecule has 8 heteroatoms. The van der Waals surface area contributed by atoms with E-state index >= 15 is 0 Å². The summed E-state index contributed by atoms with van der Waals surface area (Å²) in [7, 11) is -4.16. The fourth-order valence-corrected chi connectivity index (χ4v) is 1.89. The number of aryl methyl sites for hydroxylation is 1. The van der Waals surface area contributed by atoms with Gasteiger partial charge in [-0.2, -0.15) is 8.42 Å². The van der Waals surface area contributed by atoms with E-state index in [1.54, 1.807) is 6.92 Å². The van der Waals surface area contributed by atoms with E-state index in [-0.39, 0.29) is 5.69 Å². The summed E-state index contributed by atoms with van der Waals surface area (Å²) in [6.07, 6.45) is 0. The van der Waals surface area contributed by atoms with Crippen LogP contribution in [-0.4, -0.2) is 19.2 Å². The lowest BCUT2D eigenvalue weighted by Gasteiger charge is -2.06. The zero-order valence-electron chi connectivity index (χ0n) is 8.31. The lowest BCUT2D eigenvalue weighted by atomic mass is 10.2. The number of benzene rings is 1. The van der Waals surface area contributed by atoms with Crippen LogP contribution >= 0.6 is 0 Å². The molecule has 88 valence electrons. The van der Waals surface area contributed by atoms with Crippen molar-refractivity contribution in [3.63, 3.8) is 0 Å². The van der Waals surface area contributed by atoms with E-state index in [2.05, 4.69) is 0 Å².